The zero-order valence-electron chi connectivity index (χ0n) is 13.3. The maximum atomic E-state index is 12.3. The monoisotopic (exact) mass is 332 g/mol. The van der Waals surface area contributed by atoms with Crippen molar-refractivity contribution in [2.45, 2.75) is 32.1 Å². The van der Waals surface area contributed by atoms with E-state index in [1.165, 1.54) is 37.0 Å². The Morgan fingerprint density at radius 3 is 2.87 bits per heavy atom. The van der Waals surface area contributed by atoms with Crippen LogP contribution in [0.25, 0.3) is 0 Å². The topological polar surface area (TPSA) is 57.3 Å². The van der Waals surface area contributed by atoms with Crippen LogP contribution in [0.1, 0.15) is 37.7 Å². The average molecular weight is 333 g/mol. The molecule has 0 aromatic heterocycles. The fourth-order valence-corrected chi connectivity index (χ4v) is 4.27. The lowest BCUT2D eigenvalue weighted by Gasteiger charge is -2.38. The molecule has 1 heterocycles. The predicted molar refractivity (Wildman–Crippen MR) is 90.4 cm³/mol. The maximum absolute atomic E-state index is 12.3. The molecule has 122 valence electrons. The molecule has 3 rings (SSSR count). The van der Waals surface area contributed by atoms with Gasteiger partial charge in [0.05, 0.1) is 24.3 Å². The van der Waals surface area contributed by atoms with E-state index in [4.69, 9.17) is 16.9 Å². The quantitative estimate of drug-likeness (QED) is 0.892. The fourth-order valence-electron chi connectivity index (χ4n) is 4.10. The van der Waals surface area contributed by atoms with Crippen molar-refractivity contribution in [1.82, 2.24) is 0 Å². The van der Waals surface area contributed by atoms with E-state index >= 15 is 0 Å². The Morgan fingerprint density at radius 2 is 2.09 bits per heavy atom. The van der Waals surface area contributed by atoms with Gasteiger partial charge >= 0.3 is 0 Å². The lowest BCUT2D eigenvalue weighted by atomic mass is 9.75. The minimum absolute atomic E-state index is 0.0342. The van der Waals surface area contributed by atoms with Crippen molar-refractivity contribution in [3.05, 3.63) is 28.8 Å². The number of quaternary nitrogens is 1. The summed E-state index contributed by atoms with van der Waals surface area (Å²) in [6.45, 7) is 2.66. The van der Waals surface area contributed by atoms with Gasteiger partial charge in [-0.05, 0) is 43.4 Å². The van der Waals surface area contributed by atoms with Gasteiger partial charge in [0.1, 0.15) is 6.07 Å². The van der Waals surface area contributed by atoms with E-state index in [-0.39, 0.29) is 5.91 Å². The number of carbonyl (C=O) groups excluding carboxylic acids is 1. The third kappa shape index (κ3) is 4.04. The van der Waals surface area contributed by atoms with E-state index in [0.29, 0.717) is 22.8 Å². The molecule has 0 radical (unpaired) electrons. The number of nitrogens with one attached hydrogen (secondary N) is 2. The molecular formula is C18H23ClN3O+. The number of nitrogens with zero attached hydrogens (tertiary/aromatic N) is 1. The van der Waals surface area contributed by atoms with E-state index in [9.17, 15) is 4.79 Å². The zero-order chi connectivity index (χ0) is 16.2. The first-order valence-electron chi connectivity index (χ1n) is 8.49. The van der Waals surface area contributed by atoms with Crippen molar-refractivity contribution in [3.8, 4) is 6.07 Å². The second kappa shape index (κ2) is 7.33. The van der Waals surface area contributed by atoms with Crippen LogP contribution in [0, 0.1) is 23.2 Å². The molecule has 2 N–H and O–H groups in total. The Labute approximate surface area is 142 Å². The van der Waals surface area contributed by atoms with E-state index in [2.05, 4.69) is 11.4 Å². The molecule has 1 aromatic carbocycles. The molecule has 1 aromatic rings. The standard InChI is InChI=1S/C18H22ClN3O/c19-16-6-5-14(10-20)17(9-16)21-18(23)12-22-8-7-13-3-1-2-4-15(13)11-22/h5-6,9,13,15H,1-4,7-8,11-12H2,(H,21,23)/p+1/t13-,15-/m1/s1. The van der Waals surface area contributed by atoms with Gasteiger partial charge < -0.3 is 10.2 Å². The fraction of sp³-hybridized carbons (Fsp3) is 0.556. The minimum Gasteiger partial charge on any atom is -0.327 e. The summed E-state index contributed by atoms with van der Waals surface area (Å²) in [6, 6.07) is 7.03. The summed E-state index contributed by atoms with van der Waals surface area (Å²) in [4.78, 5) is 13.7. The van der Waals surface area contributed by atoms with Crippen LogP contribution >= 0.6 is 11.6 Å². The van der Waals surface area contributed by atoms with Crippen molar-refractivity contribution in [1.29, 1.82) is 5.26 Å². The van der Waals surface area contributed by atoms with Crippen molar-refractivity contribution in [2.24, 2.45) is 11.8 Å². The van der Waals surface area contributed by atoms with Crippen LogP contribution in [0.3, 0.4) is 0 Å². The van der Waals surface area contributed by atoms with Gasteiger partial charge in [-0.2, -0.15) is 5.26 Å². The summed E-state index contributed by atoms with van der Waals surface area (Å²) < 4.78 is 0. The van der Waals surface area contributed by atoms with Crippen LogP contribution in [0.2, 0.25) is 5.02 Å². The van der Waals surface area contributed by atoms with Crippen LogP contribution in [0.15, 0.2) is 18.2 Å². The average Bonchev–Trinajstić information content (AvgIpc) is 2.55. The summed E-state index contributed by atoms with van der Waals surface area (Å²) in [5.74, 6) is 1.64. The molecule has 3 atom stereocenters. The van der Waals surface area contributed by atoms with Gasteiger partial charge in [0, 0.05) is 10.9 Å². The highest BCUT2D eigenvalue weighted by Crippen LogP contribution is 2.32. The van der Waals surface area contributed by atoms with Crippen LogP contribution in [-0.4, -0.2) is 25.5 Å². The van der Waals surface area contributed by atoms with E-state index in [0.717, 1.165) is 24.9 Å². The van der Waals surface area contributed by atoms with Crippen molar-refractivity contribution in [3.63, 3.8) is 0 Å². The van der Waals surface area contributed by atoms with Crippen LogP contribution in [-0.2, 0) is 4.79 Å². The molecule has 23 heavy (non-hydrogen) atoms. The molecule has 1 unspecified atom stereocenters. The second-order valence-electron chi connectivity index (χ2n) is 6.82. The van der Waals surface area contributed by atoms with Crippen molar-refractivity contribution in [2.75, 3.05) is 25.0 Å². The molecule has 5 heteroatoms. The SMILES string of the molecule is N#Cc1ccc(Cl)cc1NC(=O)C[NH+]1CC[C@H]2CCCC[C@@H]2C1. The van der Waals surface area contributed by atoms with Gasteiger partial charge in [-0.3, -0.25) is 4.79 Å². The summed E-state index contributed by atoms with van der Waals surface area (Å²) in [7, 11) is 0. The maximum Gasteiger partial charge on any atom is 0.279 e. The van der Waals surface area contributed by atoms with E-state index < -0.39 is 0 Å². The third-order valence-electron chi connectivity index (χ3n) is 5.27. The van der Waals surface area contributed by atoms with Crippen molar-refractivity contribution < 1.29 is 9.69 Å². The highest BCUT2D eigenvalue weighted by Gasteiger charge is 2.34. The van der Waals surface area contributed by atoms with E-state index in [1.807, 2.05) is 0 Å². The van der Waals surface area contributed by atoms with Gasteiger partial charge in [0.2, 0.25) is 0 Å². The number of nitriles is 1. The predicted octanol–water partition coefficient (Wildman–Crippen LogP) is 2.25. The molecule has 2 aliphatic rings. The molecule has 1 aliphatic carbocycles. The lowest BCUT2D eigenvalue weighted by molar-refractivity contribution is -0.902. The number of fused-ring (bicyclic) bond motifs is 1. The Hall–Kier alpha value is -1.57. The summed E-state index contributed by atoms with van der Waals surface area (Å²) in [5.41, 5.74) is 0.959. The molecule has 1 saturated heterocycles. The molecule has 0 spiro atoms. The number of likely N-dealkylation sites (tertiary alicyclic amines) is 1. The highest BCUT2D eigenvalue weighted by molar-refractivity contribution is 6.31. The summed E-state index contributed by atoms with van der Waals surface area (Å²) in [5, 5.41) is 12.5. The van der Waals surface area contributed by atoms with Gasteiger partial charge in [-0.15, -0.1) is 0 Å². The first-order valence-corrected chi connectivity index (χ1v) is 8.86. The van der Waals surface area contributed by atoms with Crippen molar-refractivity contribution >= 4 is 23.2 Å². The number of amides is 1. The minimum atomic E-state index is -0.0342. The second-order valence-corrected chi connectivity index (χ2v) is 7.26. The first kappa shape index (κ1) is 16.3. The van der Waals surface area contributed by atoms with Gasteiger partial charge in [-0.1, -0.05) is 24.4 Å². The molecule has 2 fully saturated rings. The van der Waals surface area contributed by atoms with Crippen LogP contribution in [0.4, 0.5) is 5.69 Å². The Kier molecular flexibility index (Phi) is 5.20. The smallest absolute Gasteiger partial charge is 0.279 e. The van der Waals surface area contributed by atoms with Gasteiger partial charge in [-0.25, -0.2) is 0 Å². The van der Waals surface area contributed by atoms with Gasteiger partial charge in [0.25, 0.3) is 5.91 Å². The highest BCUT2D eigenvalue weighted by atomic mass is 35.5. The normalized spacial score (nSPS) is 26.9. The molecule has 1 amide bonds. The van der Waals surface area contributed by atoms with E-state index in [1.54, 1.807) is 18.2 Å². The third-order valence-corrected chi connectivity index (χ3v) is 5.51. The number of carbonyl (C=O) groups is 1. The summed E-state index contributed by atoms with van der Waals surface area (Å²) in [6.07, 6.45) is 6.66. The largest absolute Gasteiger partial charge is 0.327 e. The molecule has 1 saturated carbocycles. The number of piperidine rings is 1. The number of benzene rings is 1. The lowest BCUT2D eigenvalue weighted by Crippen LogP contribution is -3.15. The summed E-state index contributed by atoms with van der Waals surface area (Å²) >= 11 is 5.96. The Balaban J connectivity index is 1.58. The van der Waals surface area contributed by atoms with Crippen LogP contribution in [0.5, 0.6) is 0 Å². The zero-order valence-corrected chi connectivity index (χ0v) is 14.0. The molecule has 4 nitrogen and oxygen atoms in total. The molecule has 1 aliphatic heterocycles. The Morgan fingerprint density at radius 1 is 1.30 bits per heavy atom. The van der Waals surface area contributed by atoms with Crippen LogP contribution < -0.4 is 10.2 Å². The number of anilines is 1. The molecular weight excluding hydrogens is 310 g/mol. The van der Waals surface area contributed by atoms with Gasteiger partial charge in [0.15, 0.2) is 6.54 Å². The number of hydrogen-bond acceptors (Lipinski definition) is 2. The molecule has 0 bridgehead atoms. The Bertz CT molecular complexity index is 625. The number of rotatable bonds is 3. The first-order chi connectivity index (χ1) is 11.2. The number of hydrogen-bond donors (Lipinski definition) is 2. The number of halogens is 1.